The van der Waals surface area contributed by atoms with Crippen molar-refractivity contribution in [1.29, 1.82) is 0 Å². The molecule has 0 amide bonds. The monoisotopic (exact) mass is 264 g/mol. The molecule has 1 saturated carbocycles. The molecule has 0 aliphatic heterocycles. The molecule has 0 saturated heterocycles. The zero-order valence-electron chi connectivity index (χ0n) is 12.3. The average Bonchev–Trinajstić information content (AvgIpc) is 3.20. The van der Waals surface area contributed by atoms with Crippen LogP contribution in [0.15, 0.2) is 6.07 Å². The Labute approximate surface area is 115 Å². The molecule has 1 aliphatic carbocycles. The predicted molar refractivity (Wildman–Crippen MR) is 77.5 cm³/mol. The van der Waals surface area contributed by atoms with E-state index in [0.717, 1.165) is 24.0 Å². The van der Waals surface area contributed by atoms with Crippen molar-refractivity contribution in [1.82, 2.24) is 9.97 Å². The molecule has 0 unspecified atom stereocenters. The summed E-state index contributed by atoms with van der Waals surface area (Å²) in [5.41, 5.74) is 0. The highest BCUT2D eigenvalue weighted by molar-refractivity contribution is 5.50. The van der Waals surface area contributed by atoms with E-state index in [0.29, 0.717) is 18.6 Å². The summed E-state index contributed by atoms with van der Waals surface area (Å²) in [6.45, 7) is 5.97. The standard InChI is InChI=1S/C14H24N4O/c1-10(2)8-18(11-5-6-11)14-7-12(15-3)16-13(17-14)9-19-4/h7,10-11H,5-6,8-9H2,1-4H3,(H,15,16,17). The fraction of sp³-hybridized carbons (Fsp3) is 0.714. The first-order chi connectivity index (χ1) is 9.13. The van der Waals surface area contributed by atoms with Crippen LogP contribution in [0.1, 0.15) is 32.5 Å². The Morgan fingerprint density at radius 1 is 1.42 bits per heavy atom. The second-order valence-corrected chi connectivity index (χ2v) is 5.49. The van der Waals surface area contributed by atoms with E-state index in [2.05, 4.69) is 34.0 Å². The van der Waals surface area contributed by atoms with Gasteiger partial charge in [-0.2, -0.15) is 0 Å². The Morgan fingerprint density at radius 3 is 2.68 bits per heavy atom. The van der Waals surface area contributed by atoms with Gasteiger partial charge < -0.3 is 15.0 Å². The molecule has 1 aliphatic rings. The summed E-state index contributed by atoms with van der Waals surface area (Å²) < 4.78 is 5.15. The number of methoxy groups -OCH3 is 1. The summed E-state index contributed by atoms with van der Waals surface area (Å²) in [7, 11) is 3.55. The minimum Gasteiger partial charge on any atom is -0.377 e. The summed E-state index contributed by atoms with van der Waals surface area (Å²) in [6, 6.07) is 2.68. The molecule has 19 heavy (non-hydrogen) atoms. The third kappa shape index (κ3) is 3.80. The second-order valence-electron chi connectivity index (χ2n) is 5.49. The number of anilines is 2. The zero-order valence-corrected chi connectivity index (χ0v) is 12.3. The minimum absolute atomic E-state index is 0.447. The lowest BCUT2D eigenvalue weighted by Gasteiger charge is -2.26. The molecule has 0 bridgehead atoms. The number of rotatable bonds is 7. The van der Waals surface area contributed by atoms with E-state index in [1.807, 2.05) is 13.1 Å². The highest BCUT2D eigenvalue weighted by Crippen LogP contribution is 2.32. The van der Waals surface area contributed by atoms with Crippen LogP contribution in [0.5, 0.6) is 0 Å². The van der Waals surface area contributed by atoms with Crippen molar-refractivity contribution >= 4 is 11.6 Å². The van der Waals surface area contributed by atoms with Gasteiger partial charge in [-0.15, -0.1) is 0 Å². The van der Waals surface area contributed by atoms with E-state index >= 15 is 0 Å². The van der Waals surface area contributed by atoms with Gasteiger partial charge in [0.05, 0.1) is 0 Å². The Kier molecular flexibility index (Phi) is 4.58. The molecule has 5 heteroatoms. The lowest BCUT2D eigenvalue weighted by atomic mass is 10.2. The lowest BCUT2D eigenvalue weighted by molar-refractivity contribution is 0.178. The number of hydrogen-bond acceptors (Lipinski definition) is 5. The maximum atomic E-state index is 5.15. The van der Waals surface area contributed by atoms with Crippen molar-refractivity contribution in [3.05, 3.63) is 11.9 Å². The van der Waals surface area contributed by atoms with Gasteiger partial charge in [-0.1, -0.05) is 13.8 Å². The molecular weight excluding hydrogens is 240 g/mol. The number of nitrogens with zero attached hydrogens (tertiary/aromatic N) is 3. The van der Waals surface area contributed by atoms with Gasteiger partial charge in [0.2, 0.25) is 0 Å². The fourth-order valence-corrected chi connectivity index (χ4v) is 2.16. The lowest BCUT2D eigenvalue weighted by Crippen LogP contribution is -2.31. The van der Waals surface area contributed by atoms with E-state index < -0.39 is 0 Å². The van der Waals surface area contributed by atoms with E-state index in [9.17, 15) is 0 Å². The summed E-state index contributed by atoms with van der Waals surface area (Å²) in [5.74, 6) is 3.23. The number of aromatic nitrogens is 2. The normalized spacial score (nSPS) is 14.8. The predicted octanol–water partition coefficient (Wildman–Crippen LogP) is 2.29. The number of hydrogen-bond donors (Lipinski definition) is 1. The van der Waals surface area contributed by atoms with Crippen molar-refractivity contribution in [2.75, 3.05) is 30.9 Å². The summed E-state index contributed by atoms with van der Waals surface area (Å²) in [4.78, 5) is 11.5. The van der Waals surface area contributed by atoms with Gasteiger partial charge in [0.1, 0.15) is 18.2 Å². The van der Waals surface area contributed by atoms with Crippen LogP contribution in [-0.4, -0.2) is 36.7 Å². The molecule has 2 rings (SSSR count). The van der Waals surface area contributed by atoms with Gasteiger partial charge in [-0.25, -0.2) is 9.97 Å². The van der Waals surface area contributed by atoms with Crippen molar-refractivity contribution in [3.63, 3.8) is 0 Å². The Hall–Kier alpha value is -1.36. The highest BCUT2D eigenvalue weighted by atomic mass is 16.5. The van der Waals surface area contributed by atoms with Crippen LogP contribution in [0.25, 0.3) is 0 Å². The number of nitrogens with one attached hydrogen (secondary N) is 1. The van der Waals surface area contributed by atoms with Crippen LogP contribution < -0.4 is 10.2 Å². The molecule has 1 N–H and O–H groups in total. The molecule has 1 fully saturated rings. The van der Waals surface area contributed by atoms with Crippen molar-refractivity contribution < 1.29 is 4.74 Å². The van der Waals surface area contributed by atoms with Crippen molar-refractivity contribution in [2.45, 2.75) is 39.3 Å². The van der Waals surface area contributed by atoms with Gasteiger partial charge in [-0.05, 0) is 18.8 Å². The topological polar surface area (TPSA) is 50.3 Å². The summed E-state index contributed by atoms with van der Waals surface area (Å²) in [6.07, 6.45) is 2.54. The first-order valence-electron chi connectivity index (χ1n) is 6.95. The zero-order chi connectivity index (χ0) is 13.8. The van der Waals surface area contributed by atoms with Crippen LogP contribution >= 0.6 is 0 Å². The number of ether oxygens (including phenoxy) is 1. The van der Waals surface area contributed by atoms with E-state index in [1.165, 1.54) is 12.8 Å². The molecule has 0 radical (unpaired) electrons. The fourth-order valence-electron chi connectivity index (χ4n) is 2.16. The molecule has 106 valence electrons. The van der Waals surface area contributed by atoms with Gasteiger partial charge in [-0.3, -0.25) is 0 Å². The molecule has 0 aromatic carbocycles. The first kappa shape index (κ1) is 14.1. The summed E-state index contributed by atoms with van der Waals surface area (Å²) >= 11 is 0. The van der Waals surface area contributed by atoms with Crippen LogP contribution in [0, 0.1) is 5.92 Å². The van der Waals surface area contributed by atoms with Gasteiger partial charge in [0.25, 0.3) is 0 Å². The molecule has 1 aromatic heterocycles. The molecule has 1 heterocycles. The molecule has 5 nitrogen and oxygen atoms in total. The Balaban J connectivity index is 2.26. The Bertz CT molecular complexity index is 418. The molecule has 1 aromatic rings. The largest absolute Gasteiger partial charge is 0.377 e. The van der Waals surface area contributed by atoms with Crippen molar-refractivity contribution in [3.8, 4) is 0 Å². The third-order valence-corrected chi connectivity index (χ3v) is 3.13. The average molecular weight is 264 g/mol. The Morgan fingerprint density at radius 2 is 2.16 bits per heavy atom. The quantitative estimate of drug-likeness (QED) is 0.819. The highest BCUT2D eigenvalue weighted by Gasteiger charge is 2.30. The van der Waals surface area contributed by atoms with E-state index in [-0.39, 0.29) is 0 Å². The SMILES string of the molecule is CNc1cc(N(CC(C)C)C2CC2)nc(COC)n1. The van der Waals surface area contributed by atoms with Crippen LogP contribution in [-0.2, 0) is 11.3 Å². The van der Waals surface area contributed by atoms with Gasteiger partial charge >= 0.3 is 0 Å². The van der Waals surface area contributed by atoms with E-state index in [1.54, 1.807) is 7.11 Å². The van der Waals surface area contributed by atoms with Crippen molar-refractivity contribution in [2.24, 2.45) is 5.92 Å². The van der Waals surface area contributed by atoms with Crippen LogP contribution in [0.3, 0.4) is 0 Å². The smallest absolute Gasteiger partial charge is 0.158 e. The minimum atomic E-state index is 0.447. The third-order valence-electron chi connectivity index (χ3n) is 3.13. The van der Waals surface area contributed by atoms with Gasteiger partial charge in [0, 0.05) is 32.8 Å². The molecule has 0 atom stereocenters. The maximum absolute atomic E-state index is 5.15. The molecule has 0 spiro atoms. The first-order valence-corrected chi connectivity index (χ1v) is 6.95. The summed E-state index contributed by atoms with van der Waals surface area (Å²) in [5, 5.41) is 3.10. The van der Waals surface area contributed by atoms with E-state index in [4.69, 9.17) is 4.74 Å². The van der Waals surface area contributed by atoms with Crippen LogP contribution in [0.2, 0.25) is 0 Å². The van der Waals surface area contributed by atoms with Crippen LogP contribution in [0.4, 0.5) is 11.6 Å². The van der Waals surface area contributed by atoms with Gasteiger partial charge in [0.15, 0.2) is 5.82 Å². The maximum Gasteiger partial charge on any atom is 0.158 e. The second kappa shape index (κ2) is 6.19. The molecular formula is C14H24N4O.